The Kier molecular flexibility index (Phi) is 6.31. The number of halogens is 1. The van der Waals surface area contributed by atoms with Gasteiger partial charge in [0.15, 0.2) is 9.84 Å². The zero-order valence-electron chi connectivity index (χ0n) is 14.6. The minimum atomic E-state index is -3.22. The summed E-state index contributed by atoms with van der Waals surface area (Å²) < 4.78 is 36.4. The fraction of sp³-hybridized carbons (Fsp3) is 0.278. The molecule has 1 fully saturated rings. The van der Waals surface area contributed by atoms with Gasteiger partial charge in [-0.05, 0) is 36.3 Å². The van der Waals surface area contributed by atoms with Crippen molar-refractivity contribution in [1.29, 1.82) is 0 Å². The van der Waals surface area contributed by atoms with Crippen LogP contribution in [0, 0.1) is 5.82 Å². The van der Waals surface area contributed by atoms with E-state index in [9.17, 15) is 22.4 Å². The van der Waals surface area contributed by atoms with Gasteiger partial charge in [0.1, 0.15) is 10.1 Å². The number of hydrogen-bond donors (Lipinski definition) is 1. The molecule has 1 unspecified atom stereocenters. The van der Waals surface area contributed by atoms with Crippen molar-refractivity contribution in [2.45, 2.75) is 18.9 Å². The van der Waals surface area contributed by atoms with E-state index in [-0.39, 0.29) is 36.4 Å². The van der Waals surface area contributed by atoms with Crippen LogP contribution in [0.3, 0.4) is 0 Å². The smallest absolute Gasteiger partial charge is 0.266 e. The number of hydrogen-bond acceptors (Lipinski definition) is 6. The molecule has 1 saturated heterocycles. The Balaban J connectivity index is 1.51. The maximum absolute atomic E-state index is 13.3. The largest absolute Gasteiger partial charge is 0.349 e. The first-order chi connectivity index (χ1) is 13.2. The standard InChI is InChI=1S/C18H17FN2O4S3/c19-13-4-1-3-12(9-13)10-15-17(23)21(18(26)27-15)7-2-5-16(22)20-14-6-8-28(24,25)11-14/h1,3-4,6,8-10,14H,2,5,7,11H2,(H,20,22)/b15-10+. The van der Waals surface area contributed by atoms with Gasteiger partial charge < -0.3 is 5.32 Å². The summed E-state index contributed by atoms with van der Waals surface area (Å²) in [7, 11) is -3.22. The van der Waals surface area contributed by atoms with Crippen LogP contribution in [0.15, 0.2) is 40.7 Å². The third-order valence-electron chi connectivity index (χ3n) is 4.08. The van der Waals surface area contributed by atoms with E-state index < -0.39 is 15.9 Å². The van der Waals surface area contributed by atoms with Crippen molar-refractivity contribution < 1.29 is 22.4 Å². The topological polar surface area (TPSA) is 83.6 Å². The first-order valence-electron chi connectivity index (χ1n) is 8.45. The van der Waals surface area contributed by atoms with Crippen molar-refractivity contribution in [2.24, 2.45) is 0 Å². The second kappa shape index (κ2) is 8.54. The Morgan fingerprint density at radius 2 is 2.21 bits per heavy atom. The molecular weight excluding hydrogens is 423 g/mol. The van der Waals surface area contributed by atoms with Crippen LogP contribution >= 0.6 is 24.0 Å². The number of benzene rings is 1. The van der Waals surface area contributed by atoms with Crippen molar-refractivity contribution in [3.63, 3.8) is 0 Å². The van der Waals surface area contributed by atoms with E-state index in [0.717, 1.165) is 17.2 Å². The maximum Gasteiger partial charge on any atom is 0.266 e. The van der Waals surface area contributed by atoms with Crippen LogP contribution in [0.1, 0.15) is 18.4 Å². The molecule has 2 amide bonds. The quantitative estimate of drug-likeness (QED) is 0.540. The predicted molar refractivity (Wildman–Crippen MR) is 110 cm³/mol. The molecule has 1 aromatic rings. The van der Waals surface area contributed by atoms with E-state index in [0.29, 0.717) is 21.2 Å². The number of nitrogens with one attached hydrogen (secondary N) is 1. The maximum atomic E-state index is 13.3. The van der Waals surface area contributed by atoms with Crippen LogP contribution in [-0.2, 0) is 19.4 Å². The normalized spacial score (nSPS) is 22.2. The molecular formula is C18H17FN2O4S3. The summed E-state index contributed by atoms with van der Waals surface area (Å²) in [5, 5.41) is 3.74. The van der Waals surface area contributed by atoms with E-state index in [2.05, 4.69) is 5.32 Å². The molecule has 0 spiro atoms. The first-order valence-corrected chi connectivity index (χ1v) is 11.4. The number of carbonyl (C=O) groups excluding carboxylic acids is 2. The van der Waals surface area contributed by atoms with Gasteiger partial charge in [0.25, 0.3) is 5.91 Å². The molecule has 1 atom stereocenters. The Morgan fingerprint density at radius 3 is 2.89 bits per heavy atom. The van der Waals surface area contributed by atoms with Crippen molar-refractivity contribution in [1.82, 2.24) is 10.2 Å². The van der Waals surface area contributed by atoms with Gasteiger partial charge in [0.2, 0.25) is 5.91 Å². The van der Waals surface area contributed by atoms with Gasteiger partial charge in [0, 0.05) is 18.4 Å². The number of amides is 2. The molecule has 3 rings (SSSR count). The third-order valence-corrected chi connectivity index (χ3v) is 6.86. The van der Waals surface area contributed by atoms with Crippen molar-refractivity contribution in [3.8, 4) is 0 Å². The lowest BCUT2D eigenvalue weighted by Gasteiger charge is -2.15. The number of thiocarbonyl (C=S) groups is 1. The summed E-state index contributed by atoms with van der Waals surface area (Å²) in [5.74, 6) is -1.07. The Morgan fingerprint density at radius 1 is 1.43 bits per heavy atom. The molecule has 10 heteroatoms. The zero-order chi connectivity index (χ0) is 20.3. The molecule has 1 aromatic carbocycles. The van der Waals surface area contributed by atoms with Gasteiger partial charge in [-0.15, -0.1) is 0 Å². The third kappa shape index (κ3) is 5.27. The van der Waals surface area contributed by atoms with Crippen LogP contribution in [0.25, 0.3) is 6.08 Å². The zero-order valence-corrected chi connectivity index (χ0v) is 17.1. The lowest BCUT2D eigenvalue weighted by atomic mass is 10.2. The number of rotatable bonds is 6. The average molecular weight is 441 g/mol. The summed E-state index contributed by atoms with van der Waals surface area (Å²) in [6.45, 7) is 0.275. The molecule has 0 aliphatic carbocycles. The van der Waals surface area contributed by atoms with E-state index in [1.165, 1.54) is 23.1 Å². The van der Waals surface area contributed by atoms with Crippen LogP contribution in [-0.4, -0.2) is 47.8 Å². The Labute approximate surface area is 171 Å². The fourth-order valence-corrected chi connectivity index (χ4v) is 5.33. The van der Waals surface area contributed by atoms with Gasteiger partial charge >= 0.3 is 0 Å². The molecule has 1 N–H and O–H groups in total. The van der Waals surface area contributed by atoms with Gasteiger partial charge in [0.05, 0.1) is 16.7 Å². The molecule has 0 bridgehead atoms. The first kappa shape index (κ1) is 20.7. The van der Waals surface area contributed by atoms with E-state index in [1.54, 1.807) is 18.2 Å². The minimum Gasteiger partial charge on any atom is -0.349 e. The molecule has 0 aromatic heterocycles. The summed E-state index contributed by atoms with van der Waals surface area (Å²) in [5.41, 5.74) is 0.569. The van der Waals surface area contributed by atoms with Crippen LogP contribution < -0.4 is 5.32 Å². The van der Waals surface area contributed by atoms with E-state index >= 15 is 0 Å². The molecule has 0 radical (unpaired) electrons. The second-order valence-corrected chi connectivity index (χ2v) is 9.93. The molecule has 6 nitrogen and oxygen atoms in total. The number of sulfone groups is 1. The number of carbonyl (C=O) groups is 2. The number of thioether (sulfide) groups is 1. The number of nitrogens with zero attached hydrogens (tertiary/aromatic N) is 1. The Hall–Kier alpha value is -2.04. The SMILES string of the molecule is O=C(CCCN1C(=O)/C(=C\c2cccc(F)c2)SC1=S)NC1C=CS(=O)(=O)C1. The molecule has 2 aliphatic heterocycles. The van der Waals surface area contributed by atoms with Gasteiger partial charge in [-0.2, -0.15) is 0 Å². The van der Waals surface area contributed by atoms with E-state index in [4.69, 9.17) is 12.2 Å². The monoisotopic (exact) mass is 440 g/mol. The van der Waals surface area contributed by atoms with Crippen molar-refractivity contribution >= 4 is 56.0 Å². The highest BCUT2D eigenvalue weighted by molar-refractivity contribution is 8.26. The highest BCUT2D eigenvalue weighted by Gasteiger charge is 2.31. The minimum absolute atomic E-state index is 0.127. The van der Waals surface area contributed by atoms with Gasteiger partial charge in [-0.3, -0.25) is 14.5 Å². The predicted octanol–water partition coefficient (Wildman–Crippen LogP) is 2.23. The summed E-state index contributed by atoms with van der Waals surface area (Å²) in [6, 6.07) is 5.39. The molecule has 148 valence electrons. The van der Waals surface area contributed by atoms with Crippen LogP contribution in [0.4, 0.5) is 4.39 Å². The van der Waals surface area contributed by atoms with E-state index in [1.807, 2.05) is 0 Å². The average Bonchev–Trinajstić information content (AvgIpc) is 3.08. The fourth-order valence-electron chi connectivity index (χ4n) is 2.78. The molecule has 28 heavy (non-hydrogen) atoms. The highest BCUT2D eigenvalue weighted by atomic mass is 32.2. The van der Waals surface area contributed by atoms with Crippen LogP contribution in [0.2, 0.25) is 0 Å². The lowest BCUT2D eigenvalue weighted by molar-refractivity contribution is -0.124. The molecule has 2 aliphatic rings. The molecule has 0 saturated carbocycles. The van der Waals surface area contributed by atoms with Crippen molar-refractivity contribution in [3.05, 3.63) is 52.0 Å². The van der Waals surface area contributed by atoms with Crippen molar-refractivity contribution in [2.75, 3.05) is 12.3 Å². The Bertz CT molecular complexity index is 988. The van der Waals surface area contributed by atoms with Gasteiger partial charge in [-0.25, -0.2) is 12.8 Å². The second-order valence-electron chi connectivity index (χ2n) is 6.32. The summed E-state index contributed by atoms with van der Waals surface area (Å²) in [4.78, 5) is 26.3. The summed E-state index contributed by atoms with van der Waals surface area (Å²) in [6.07, 6.45) is 3.56. The highest BCUT2D eigenvalue weighted by Crippen LogP contribution is 2.32. The van der Waals surface area contributed by atoms with Crippen LogP contribution in [0.5, 0.6) is 0 Å². The lowest BCUT2D eigenvalue weighted by Crippen LogP contribution is -2.36. The van der Waals surface area contributed by atoms with Gasteiger partial charge in [-0.1, -0.05) is 36.1 Å². The summed E-state index contributed by atoms with van der Waals surface area (Å²) >= 11 is 6.37. The molecule has 2 heterocycles.